The van der Waals surface area contributed by atoms with Crippen LogP contribution in [0.1, 0.15) is 20.3 Å². The molecule has 0 aliphatic heterocycles. The van der Waals surface area contributed by atoms with Crippen molar-refractivity contribution in [3.8, 4) is 0 Å². The van der Waals surface area contributed by atoms with Gasteiger partial charge in [0, 0.05) is 12.6 Å². The van der Waals surface area contributed by atoms with Crippen LogP contribution in [0, 0.1) is 5.92 Å². The Morgan fingerprint density at radius 3 is 2.56 bits per heavy atom. The summed E-state index contributed by atoms with van der Waals surface area (Å²) in [6.07, 6.45) is 3.02. The molecule has 0 saturated carbocycles. The third-order valence-electron chi connectivity index (χ3n) is 2.41. The van der Waals surface area contributed by atoms with Gasteiger partial charge in [0.25, 0.3) is 0 Å². The van der Waals surface area contributed by atoms with Crippen LogP contribution in [0.15, 0.2) is 0 Å². The van der Waals surface area contributed by atoms with E-state index in [0.29, 0.717) is 6.54 Å². The Kier molecular flexibility index (Phi) is 8.70. The first-order chi connectivity index (χ1) is 7.52. The molecule has 0 aliphatic rings. The average Bonchev–Trinajstić information content (AvgIpc) is 2.25. The van der Waals surface area contributed by atoms with Crippen molar-refractivity contribution in [2.75, 3.05) is 25.7 Å². The van der Waals surface area contributed by atoms with E-state index in [2.05, 4.69) is 11.6 Å². The average molecular weight is 248 g/mol. The van der Waals surface area contributed by atoms with Gasteiger partial charge in [-0.3, -0.25) is 4.79 Å². The van der Waals surface area contributed by atoms with E-state index < -0.39 is 0 Å². The molecule has 0 unspecified atom stereocenters. The van der Waals surface area contributed by atoms with E-state index in [1.165, 1.54) is 7.11 Å². The number of nitrogens with one attached hydrogen (secondary N) is 1. The quantitative estimate of drug-likeness (QED) is 0.624. The third-order valence-corrected chi connectivity index (χ3v) is 3.06. The number of ether oxygens (including phenoxy) is 1. The molecule has 0 heterocycles. The molecule has 0 amide bonds. The molecule has 0 bridgehead atoms. The molecule has 0 aromatic heterocycles. The van der Waals surface area contributed by atoms with Gasteiger partial charge >= 0.3 is 5.97 Å². The lowest BCUT2D eigenvalue weighted by Crippen LogP contribution is -2.46. The number of methoxy groups -OCH3 is 1. The Balaban J connectivity index is 3.97. The lowest BCUT2D eigenvalue weighted by molar-refractivity contribution is -0.144. The number of esters is 1. The van der Waals surface area contributed by atoms with Gasteiger partial charge < -0.3 is 15.8 Å². The van der Waals surface area contributed by atoms with Crippen LogP contribution in [0.3, 0.4) is 0 Å². The fourth-order valence-electron chi connectivity index (χ4n) is 1.37. The number of nitrogens with two attached hydrogens (primary N) is 1. The fraction of sp³-hybridized carbons (Fsp3) is 0.909. The van der Waals surface area contributed by atoms with Crippen molar-refractivity contribution in [2.24, 2.45) is 11.7 Å². The highest BCUT2D eigenvalue weighted by Crippen LogP contribution is 2.04. The van der Waals surface area contributed by atoms with Crippen LogP contribution < -0.4 is 11.1 Å². The summed E-state index contributed by atoms with van der Waals surface area (Å²) in [6, 6.07) is -0.163. The minimum Gasteiger partial charge on any atom is -0.468 e. The summed E-state index contributed by atoms with van der Waals surface area (Å²) in [7, 11) is 1.41. The summed E-state index contributed by atoms with van der Waals surface area (Å²) in [5, 5.41) is 3.17. The van der Waals surface area contributed by atoms with E-state index in [9.17, 15) is 4.79 Å². The van der Waals surface area contributed by atoms with E-state index >= 15 is 0 Å². The van der Waals surface area contributed by atoms with Gasteiger partial charge in [0.2, 0.25) is 0 Å². The van der Waals surface area contributed by atoms with Gasteiger partial charge in [-0.1, -0.05) is 13.8 Å². The highest BCUT2D eigenvalue weighted by molar-refractivity contribution is 7.98. The largest absolute Gasteiger partial charge is 0.468 e. The fourth-order valence-corrected chi connectivity index (χ4v) is 1.91. The van der Waals surface area contributed by atoms with E-state index in [1.54, 1.807) is 11.8 Å². The molecule has 0 radical (unpaired) electrons. The smallest absolute Gasteiger partial charge is 0.323 e. The van der Waals surface area contributed by atoms with Crippen molar-refractivity contribution in [2.45, 2.75) is 32.4 Å². The molecule has 0 aromatic carbocycles. The number of thioether (sulfide) groups is 1. The maximum atomic E-state index is 11.5. The normalized spacial score (nSPS) is 14.9. The summed E-state index contributed by atoms with van der Waals surface area (Å²) >= 11 is 1.78. The van der Waals surface area contributed by atoms with Crippen molar-refractivity contribution in [1.82, 2.24) is 5.32 Å². The van der Waals surface area contributed by atoms with Crippen LogP contribution in [0.2, 0.25) is 0 Å². The van der Waals surface area contributed by atoms with Crippen LogP contribution >= 0.6 is 11.8 Å². The second kappa shape index (κ2) is 8.84. The third kappa shape index (κ3) is 6.35. The zero-order valence-electron chi connectivity index (χ0n) is 10.7. The molecular weight excluding hydrogens is 224 g/mol. The van der Waals surface area contributed by atoms with Gasteiger partial charge in [-0.25, -0.2) is 0 Å². The van der Waals surface area contributed by atoms with Gasteiger partial charge in [-0.15, -0.1) is 0 Å². The molecule has 0 spiro atoms. The van der Waals surface area contributed by atoms with E-state index in [4.69, 9.17) is 10.5 Å². The zero-order chi connectivity index (χ0) is 12.6. The lowest BCUT2D eigenvalue weighted by atomic mass is 10.0. The number of rotatable bonds is 8. The Labute approximate surface area is 103 Å². The van der Waals surface area contributed by atoms with Crippen molar-refractivity contribution < 1.29 is 9.53 Å². The van der Waals surface area contributed by atoms with E-state index in [-0.39, 0.29) is 24.0 Å². The molecule has 0 aromatic rings. The van der Waals surface area contributed by atoms with Gasteiger partial charge in [-0.2, -0.15) is 11.8 Å². The Morgan fingerprint density at radius 1 is 1.50 bits per heavy atom. The maximum Gasteiger partial charge on any atom is 0.323 e. The van der Waals surface area contributed by atoms with Crippen molar-refractivity contribution >= 4 is 17.7 Å². The number of carbonyl (C=O) groups is 1. The minimum absolute atomic E-state index is 0.0957. The molecule has 16 heavy (non-hydrogen) atoms. The first-order valence-corrected chi connectivity index (χ1v) is 6.98. The predicted octanol–water partition coefficient (Wildman–Crippen LogP) is 0.854. The lowest BCUT2D eigenvalue weighted by Gasteiger charge is -2.22. The van der Waals surface area contributed by atoms with Crippen LogP contribution in [-0.2, 0) is 9.53 Å². The maximum absolute atomic E-state index is 11.5. The summed E-state index contributed by atoms with van der Waals surface area (Å²) in [6.45, 7) is 4.63. The Hall–Kier alpha value is -0.260. The summed E-state index contributed by atoms with van der Waals surface area (Å²) in [5.41, 5.74) is 5.92. The number of hydrogen-bond acceptors (Lipinski definition) is 5. The Morgan fingerprint density at radius 2 is 2.12 bits per heavy atom. The Bertz CT molecular complexity index is 200. The van der Waals surface area contributed by atoms with Crippen molar-refractivity contribution in [3.05, 3.63) is 0 Å². The number of hydrogen-bond donors (Lipinski definition) is 2. The minimum atomic E-state index is -0.259. The highest BCUT2D eigenvalue weighted by Gasteiger charge is 2.22. The van der Waals surface area contributed by atoms with Crippen molar-refractivity contribution in [1.29, 1.82) is 0 Å². The van der Waals surface area contributed by atoms with E-state index in [1.807, 2.05) is 13.8 Å². The molecule has 0 aliphatic carbocycles. The number of carbonyl (C=O) groups excluding carboxylic acids is 1. The van der Waals surface area contributed by atoms with Gasteiger partial charge in [-0.05, 0) is 24.3 Å². The second-order valence-corrected chi connectivity index (χ2v) is 5.18. The van der Waals surface area contributed by atoms with Crippen LogP contribution in [0.4, 0.5) is 0 Å². The molecule has 4 nitrogen and oxygen atoms in total. The molecule has 0 fully saturated rings. The van der Waals surface area contributed by atoms with E-state index in [0.717, 1.165) is 12.2 Å². The molecule has 96 valence electrons. The van der Waals surface area contributed by atoms with Crippen molar-refractivity contribution in [3.63, 3.8) is 0 Å². The standard InChI is InChI=1S/C11H24N2O2S/c1-8(2)10(11(14)15-3)13-7-9(12)5-6-16-4/h8-10,13H,5-7,12H2,1-4H3/t9-,10-/m0/s1. The monoisotopic (exact) mass is 248 g/mol. The molecule has 3 N–H and O–H groups in total. The second-order valence-electron chi connectivity index (χ2n) is 4.19. The van der Waals surface area contributed by atoms with Gasteiger partial charge in [0.15, 0.2) is 0 Å². The highest BCUT2D eigenvalue weighted by atomic mass is 32.2. The summed E-state index contributed by atoms with van der Waals surface area (Å²) in [4.78, 5) is 11.5. The molecule has 0 rings (SSSR count). The SMILES string of the molecule is COC(=O)[C@@H](NC[C@@H](N)CCSC)C(C)C. The molecule has 2 atom stereocenters. The molecular formula is C11H24N2O2S. The topological polar surface area (TPSA) is 64.3 Å². The first-order valence-electron chi connectivity index (χ1n) is 5.58. The summed E-state index contributed by atoms with van der Waals surface area (Å²) in [5.74, 6) is 1.04. The van der Waals surface area contributed by atoms with Crippen LogP contribution in [0.25, 0.3) is 0 Å². The summed E-state index contributed by atoms with van der Waals surface area (Å²) < 4.78 is 4.74. The molecule has 5 heteroatoms. The predicted molar refractivity (Wildman–Crippen MR) is 69.6 cm³/mol. The van der Waals surface area contributed by atoms with Gasteiger partial charge in [0.05, 0.1) is 7.11 Å². The van der Waals surface area contributed by atoms with Crippen LogP contribution in [0.5, 0.6) is 0 Å². The first kappa shape index (κ1) is 15.7. The van der Waals surface area contributed by atoms with Crippen LogP contribution in [-0.4, -0.2) is 43.7 Å². The van der Waals surface area contributed by atoms with Gasteiger partial charge in [0.1, 0.15) is 6.04 Å². The molecule has 0 saturated heterocycles. The zero-order valence-corrected chi connectivity index (χ0v) is 11.5.